The van der Waals surface area contributed by atoms with Crippen LogP contribution in [0.15, 0.2) is 41.5 Å². The van der Waals surface area contributed by atoms with Gasteiger partial charge in [-0.25, -0.2) is 4.98 Å². The summed E-state index contributed by atoms with van der Waals surface area (Å²) in [4.78, 5) is 41.0. The van der Waals surface area contributed by atoms with Crippen molar-refractivity contribution < 1.29 is 9.59 Å². The zero-order valence-electron chi connectivity index (χ0n) is 12.8. The predicted octanol–water partition coefficient (Wildman–Crippen LogP) is 1.50. The monoisotopic (exact) mass is 342 g/mol. The molecule has 2 amide bonds. The molecule has 2 aromatic heterocycles. The Morgan fingerprint density at radius 3 is 2.67 bits per heavy atom. The van der Waals surface area contributed by atoms with Gasteiger partial charge in [0, 0.05) is 5.69 Å². The molecule has 0 aliphatic heterocycles. The summed E-state index contributed by atoms with van der Waals surface area (Å²) in [6, 6.07) is 9.04. The number of amides is 2. The van der Waals surface area contributed by atoms with E-state index >= 15 is 0 Å². The van der Waals surface area contributed by atoms with E-state index in [9.17, 15) is 14.4 Å². The lowest BCUT2D eigenvalue weighted by atomic mass is 10.2. The van der Waals surface area contributed by atoms with Crippen LogP contribution in [0.5, 0.6) is 0 Å². The molecule has 24 heavy (non-hydrogen) atoms. The minimum atomic E-state index is -0.631. The van der Waals surface area contributed by atoms with E-state index in [4.69, 9.17) is 5.73 Å². The number of nitrogens with one attached hydrogen (secondary N) is 1. The maximum atomic E-state index is 12.5. The Balaban J connectivity index is 2.02. The average Bonchev–Trinajstić information content (AvgIpc) is 2.88. The highest BCUT2D eigenvalue weighted by Gasteiger charge is 2.19. The molecule has 3 rings (SSSR count). The van der Waals surface area contributed by atoms with Gasteiger partial charge >= 0.3 is 0 Å². The number of hydrogen-bond acceptors (Lipinski definition) is 5. The van der Waals surface area contributed by atoms with E-state index in [0.29, 0.717) is 26.3 Å². The first-order chi connectivity index (χ1) is 11.5. The van der Waals surface area contributed by atoms with E-state index in [0.717, 1.165) is 15.9 Å². The number of anilines is 1. The van der Waals surface area contributed by atoms with Gasteiger partial charge in [-0.1, -0.05) is 18.2 Å². The Kier molecular flexibility index (Phi) is 4.13. The molecule has 0 saturated heterocycles. The smallest absolute Gasteiger partial charge is 0.266 e. The molecule has 0 atom stereocenters. The zero-order chi connectivity index (χ0) is 17.3. The molecular formula is C16H14N4O3S. The molecule has 0 saturated carbocycles. The van der Waals surface area contributed by atoms with E-state index in [1.807, 2.05) is 18.2 Å². The fourth-order valence-electron chi connectivity index (χ4n) is 2.37. The molecule has 122 valence electrons. The highest BCUT2D eigenvalue weighted by molar-refractivity contribution is 7.20. The average molecular weight is 342 g/mol. The molecule has 0 radical (unpaired) electrons. The number of nitrogens with two attached hydrogens (primary N) is 1. The van der Waals surface area contributed by atoms with Gasteiger partial charge in [0.15, 0.2) is 0 Å². The van der Waals surface area contributed by atoms with Crippen LogP contribution in [0, 0.1) is 6.92 Å². The fourth-order valence-corrected chi connectivity index (χ4v) is 3.40. The summed E-state index contributed by atoms with van der Waals surface area (Å²) in [6.45, 7) is 1.44. The summed E-state index contributed by atoms with van der Waals surface area (Å²) in [5.74, 6) is -0.935. The highest BCUT2D eigenvalue weighted by Crippen LogP contribution is 2.27. The number of nitrogens with zero attached hydrogens (tertiary/aromatic N) is 2. The van der Waals surface area contributed by atoms with Gasteiger partial charge in [-0.2, -0.15) is 0 Å². The standard InChI is InChI=1S/C16H14N4O3S/c1-9-12-15(18-8-20(16(12)23)7-11(17)21)24-13(9)14(22)19-10-5-3-2-4-6-10/h2-6,8H,7H2,1H3,(H2,17,21)(H,19,22). The van der Waals surface area contributed by atoms with Crippen molar-refractivity contribution in [2.75, 3.05) is 5.32 Å². The lowest BCUT2D eigenvalue weighted by Crippen LogP contribution is -2.28. The van der Waals surface area contributed by atoms with Gasteiger partial charge < -0.3 is 11.1 Å². The van der Waals surface area contributed by atoms with Crippen LogP contribution < -0.4 is 16.6 Å². The number of benzene rings is 1. The Labute approximate surface area is 140 Å². The number of fused-ring (bicyclic) bond motifs is 1. The SMILES string of the molecule is Cc1c(C(=O)Nc2ccccc2)sc2ncn(CC(N)=O)c(=O)c12. The molecule has 0 aliphatic rings. The maximum Gasteiger partial charge on any atom is 0.266 e. The molecule has 3 N–H and O–H groups in total. The van der Waals surface area contributed by atoms with Gasteiger partial charge in [0.05, 0.1) is 16.6 Å². The summed E-state index contributed by atoms with van der Waals surface area (Å²) >= 11 is 1.14. The molecule has 0 aliphatic carbocycles. The van der Waals surface area contributed by atoms with Crippen LogP contribution in [0.2, 0.25) is 0 Å². The summed E-state index contributed by atoms with van der Waals surface area (Å²) in [5.41, 5.74) is 5.95. The third kappa shape index (κ3) is 2.91. The third-order valence-electron chi connectivity index (χ3n) is 3.48. The number of primary amides is 1. The van der Waals surface area contributed by atoms with Crippen LogP contribution in [0.25, 0.3) is 10.2 Å². The summed E-state index contributed by atoms with van der Waals surface area (Å²) in [7, 11) is 0. The number of para-hydroxylation sites is 1. The van der Waals surface area contributed by atoms with Gasteiger partial charge in [-0.3, -0.25) is 19.0 Å². The molecule has 0 fully saturated rings. The number of hydrogen-bond donors (Lipinski definition) is 2. The lowest BCUT2D eigenvalue weighted by Gasteiger charge is -2.04. The maximum absolute atomic E-state index is 12.5. The first kappa shape index (κ1) is 15.9. The van der Waals surface area contributed by atoms with Crippen molar-refractivity contribution in [2.24, 2.45) is 5.73 Å². The first-order valence-electron chi connectivity index (χ1n) is 7.10. The molecular weight excluding hydrogens is 328 g/mol. The molecule has 8 heteroatoms. The normalized spacial score (nSPS) is 10.7. The number of aryl methyl sites for hydroxylation is 1. The van der Waals surface area contributed by atoms with Crippen LogP contribution in [-0.2, 0) is 11.3 Å². The van der Waals surface area contributed by atoms with Crippen LogP contribution in [0.4, 0.5) is 5.69 Å². The summed E-state index contributed by atoms with van der Waals surface area (Å²) in [5, 5.41) is 3.12. The van der Waals surface area contributed by atoms with Crippen molar-refractivity contribution in [3.63, 3.8) is 0 Å². The molecule has 2 heterocycles. The van der Waals surface area contributed by atoms with Gasteiger partial charge in [0.25, 0.3) is 11.5 Å². The van der Waals surface area contributed by atoms with Crippen LogP contribution >= 0.6 is 11.3 Å². The fraction of sp³-hybridized carbons (Fsp3) is 0.125. The number of carbonyl (C=O) groups excluding carboxylic acids is 2. The lowest BCUT2D eigenvalue weighted by molar-refractivity contribution is -0.118. The number of thiophene rings is 1. The molecule has 0 bridgehead atoms. The van der Waals surface area contributed by atoms with Crippen LogP contribution in [0.3, 0.4) is 0 Å². The topological polar surface area (TPSA) is 107 Å². The molecule has 3 aromatic rings. The zero-order valence-corrected chi connectivity index (χ0v) is 13.6. The van der Waals surface area contributed by atoms with Gasteiger partial charge in [0.2, 0.25) is 5.91 Å². The Bertz CT molecular complexity index is 992. The number of carbonyl (C=O) groups is 2. The minimum absolute atomic E-state index is 0.247. The minimum Gasteiger partial charge on any atom is -0.368 e. The van der Waals surface area contributed by atoms with E-state index < -0.39 is 5.91 Å². The second-order valence-electron chi connectivity index (χ2n) is 5.20. The van der Waals surface area contributed by atoms with Crippen LogP contribution in [0.1, 0.15) is 15.2 Å². The second kappa shape index (κ2) is 6.25. The molecule has 0 unspecified atom stereocenters. The van der Waals surface area contributed by atoms with Crippen molar-refractivity contribution >= 4 is 39.1 Å². The van der Waals surface area contributed by atoms with Crippen LogP contribution in [-0.4, -0.2) is 21.4 Å². The highest BCUT2D eigenvalue weighted by atomic mass is 32.1. The first-order valence-corrected chi connectivity index (χ1v) is 7.92. The van der Waals surface area contributed by atoms with E-state index in [-0.39, 0.29) is 18.0 Å². The third-order valence-corrected chi connectivity index (χ3v) is 4.68. The van der Waals surface area contributed by atoms with Gasteiger partial charge in [-0.15, -0.1) is 11.3 Å². The van der Waals surface area contributed by atoms with Crippen molar-refractivity contribution in [1.82, 2.24) is 9.55 Å². The van der Waals surface area contributed by atoms with Gasteiger partial charge in [-0.05, 0) is 24.6 Å². The summed E-state index contributed by atoms with van der Waals surface area (Å²) < 4.78 is 1.14. The number of rotatable bonds is 4. The molecule has 7 nitrogen and oxygen atoms in total. The number of aromatic nitrogens is 2. The molecule has 0 spiro atoms. The van der Waals surface area contributed by atoms with E-state index in [1.165, 1.54) is 6.33 Å². The van der Waals surface area contributed by atoms with E-state index in [2.05, 4.69) is 10.3 Å². The van der Waals surface area contributed by atoms with Gasteiger partial charge in [0.1, 0.15) is 11.4 Å². The van der Waals surface area contributed by atoms with Crippen molar-refractivity contribution in [3.05, 3.63) is 57.5 Å². The Morgan fingerprint density at radius 1 is 1.29 bits per heavy atom. The van der Waals surface area contributed by atoms with Crippen molar-refractivity contribution in [2.45, 2.75) is 13.5 Å². The predicted molar refractivity (Wildman–Crippen MR) is 92.2 cm³/mol. The Morgan fingerprint density at radius 2 is 2.00 bits per heavy atom. The quantitative estimate of drug-likeness (QED) is 0.749. The van der Waals surface area contributed by atoms with E-state index in [1.54, 1.807) is 19.1 Å². The summed E-state index contributed by atoms with van der Waals surface area (Å²) in [6.07, 6.45) is 1.27. The Hall–Kier alpha value is -3.00. The largest absolute Gasteiger partial charge is 0.368 e. The molecule has 1 aromatic carbocycles. The van der Waals surface area contributed by atoms with Crippen molar-refractivity contribution in [1.29, 1.82) is 0 Å². The van der Waals surface area contributed by atoms with Crippen molar-refractivity contribution in [3.8, 4) is 0 Å². The second-order valence-corrected chi connectivity index (χ2v) is 6.20.